The normalized spacial score (nSPS) is 18.8. The quantitative estimate of drug-likeness (QED) is 0.815. The fourth-order valence-electron chi connectivity index (χ4n) is 3.61. The Bertz CT molecular complexity index is 807. The number of benzene rings is 1. The van der Waals surface area contributed by atoms with Crippen molar-refractivity contribution in [2.75, 3.05) is 33.6 Å². The Labute approximate surface area is 158 Å². The third kappa shape index (κ3) is 4.23. The van der Waals surface area contributed by atoms with Crippen LogP contribution in [0.25, 0.3) is 0 Å². The molecule has 1 amide bonds. The topological polar surface area (TPSA) is 77.8 Å². The molecule has 1 aromatic carbocycles. The maximum absolute atomic E-state index is 11.8. The largest absolute Gasteiger partial charge is 0.454 e. The van der Waals surface area contributed by atoms with Crippen molar-refractivity contribution in [1.29, 1.82) is 0 Å². The van der Waals surface area contributed by atoms with Gasteiger partial charge in [-0.15, -0.1) is 0 Å². The van der Waals surface area contributed by atoms with Gasteiger partial charge in [-0.3, -0.25) is 14.4 Å². The summed E-state index contributed by atoms with van der Waals surface area (Å²) in [5.41, 5.74) is 2.36. The first-order valence-corrected chi connectivity index (χ1v) is 9.08. The van der Waals surface area contributed by atoms with Gasteiger partial charge in [-0.25, -0.2) is 0 Å². The van der Waals surface area contributed by atoms with E-state index in [1.807, 2.05) is 23.0 Å². The zero-order chi connectivity index (χ0) is 18.6. The van der Waals surface area contributed by atoms with Crippen LogP contribution in [0.4, 0.5) is 0 Å². The predicted octanol–water partition coefficient (Wildman–Crippen LogP) is 1.01. The Morgan fingerprint density at radius 1 is 1.30 bits per heavy atom. The number of rotatable bonds is 6. The van der Waals surface area contributed by atoms with Crippen molar-refractivity contribution in [3.05, 3.63) is 41.7 Å². The van der Waals surface area contributed by atoms with Gasteiger partial charge in [-0.2, -0.15) is 5.10 Å². The Hall–Kier alpha value is -2.58. The highest BCUT2D eigenvalue weighted by molar-refractivity contribution is 5.77. The summed E-state index contributed by atoms with van der Waals surface area (Å²) >= 11 is 0. The average Bonchev–Trinajstić information content (AvgIpc) is 3.26. The van der Waals surface area contributed by atoms with Gasteiger partial charge in [0, 0.05) is 51.9 Å². The molecule has 1 unspecified atom stereocenters. The van der Waals surface area contributed by atoms with E-state index < -0.39 is 0 Å². The van der Waals surface area contributed by atoms with Gasteiger partial charge in [0.05, 0.1) is 5.69 Å². The molecule has 2 aliphatic rings. The first-order valence-electron chi connectivity index (χ1n) is 9.08. The van der Waals surface area contributed by atoms with E-state index in [1.165, 1.54) is 18.4 Å². The van der Waals surface area contributed by atoms with Crippen molar-refractivity contribution in [2.45, 2.75) is 19.6 Å². The van der Waals surface area contributed by atoms with Crippen molar-refractivity contribution < 1.29 is 19.0 Å². The predicted molar refractivity (Wildman–Crippen MR) is 97.3 cm³/mol. The van der Waals surface area contributed by atoms with Crippen molar-refractivity contribution >= 4 is 5.91 Å². The highest BCUT2D eigenvalue weighted by Crippen LogP contribution is 2.33. The lowest BCUT2D eigenvalue weighted by Crippen LogP contribution is -2.37. The molecule has 8 nitrogen and oxygen atoms in total. The summed E-state index contributed by atoms with van der Waals surface area (Å²) in [7, 11) is 1.52. The molecule has 0 spiro atoms. The summed E-state index contributed by atoms with van der Waals surface area (Å²) in [6.45, 7) is 4.23. The Kier molecular flexibility index (Phi) is 5.26. The number of ether oxygens (including phenoxy) is 3. The first kappa shape index (κ1) is 17.8. The van der Waals surface area contributed by atoms with Crippen molar-refractivity contribution in [3.8, 4) is 11.5 Å². The molecule has 4 rings (SSSR count). The number of aromatic nitrogens is 2. The van der Waals surface area contributed by atoms with Crippen molar-refractivity contribution in [2.24, 2.45) is 5.92 Å². The number of amides is 1. The second-order valence-electron chi connectivity index (χ2n) is 6.97. The van der Waals surface area contributed by atoms with Crippen LogP contribution < -0.4 is 14.8 Å². The summed E-state index contributed by atoms with van der Waals surface area (Å²) in [6, 6.07) is 8.13. The van der Waals surface area contributed by atoms with Crippen LogP contribution in [-0.2, 0) is 29.2 Å². The number of methoxy groups -OCH3 is 1. The maximum atomic E-state index is 11.8. The van der Waals surface area contributed by atoms with E-state index in [-0.39, 0.29) is 25.2 Å². The standard InChI is InChI=1S/C19H24N4O4/c1-25-12-19(24)20-7-15-9-22(11-16-4-5-21-23(16)10-15)8-14-2-3-17-18(6-14)27-13-26-17/h2-6,15H,7-13H2,1H3,(H,20,24). The van der Waals surface area contributed by atoms with E-state index in [0.29, 0.717) is 6.54 Å². The Morgan fingerprint density at radius 2 is 2.19 bits per heavy atom. The molecule has 0 fully saturated rings. The molecule has 2 aromatic rings. The van der Waals surface area contributed by atoms with Gasteiger partial charge in [0.2, 0.25) is 12.7 Å². The number of hydrogen-bond acceptors (Lipinski definition) is 6. The number of nitrogens with zero attached hydrogens (tertiary/aromatic N) is 3. The highest BCUT2D eigenvalue weighted by Gasteiger charge is 2.23. The third-order valence-electron chi connectivity index (χ3n) is 4.84. The second-order valence-corrected chi connectivity index (χ2v) is 6.97. The van der Waals surface area contributed by atoms with E-state index in [0.717, 1.165) is 37.7 Å². The minimum Gasteiger partial charge on any atom is -0.454 e. The summed E-state index contributed by atoms with van der Waals surface area (Å²) in [4.78, 5) is 14.1. The van der Waals surface area contributed by atoms with E-state index in [2.05, 4.69) is 27.4 Å². The van der Waals surface area contributed by atoms with Crippen molar-refractivity contribution in [1.82, 2.24) is 20.0 Å². The summed E-state index contributed by atoms with van der Waals surface area (Å²) in [5, 5.41) is 7.39. The molecule has 144 valence electrons. The molecule has 0 aliphatic carbocycles. The fraction of sp³-hybridized carbons (Fsp3) is 0.474. The van der Waals surface area contributed by atoms with Gasteiger partial charge < -0.3 is 19.5 Å². The van der Waals surface area contributed by atoms with Crippen LogP contribution in [0.1, 0.15) is 11.3 Å². The minimum absolute atomic E-state index is 0.0840. The van der Waals surface area contributed by atoms with Crippen LogP contribution in [0.3, 0.4) is 0 Å². The summed E-state index contributed by atoms with van der Waals surface area (Å²) in [6.07, 6.45) is 1.83. The van der Waals surface area contributed by atoms with Crippen LogP contribution in [0.2, 0.25) is 0 Å². The Balaban J connectivity index is 1.45. The second kappa shape index (κ2) is 7.98. The molecule has 0 saturated carbocycles. The number of carbonyl (C=O) groups excluding carboxylic acids is 1. The minimum atomic E-state index is -0.0928. The lowest BCUT2D eigenvalue weighted by molar-refractivity contribution is -0.124. The van der Waals surface area contributed by atoms with Gasteiger partial charge in [0.25, 0.3) is 0 Å². The monoisotopic (exact) mass is 372 g/mol. The lowest BCUT2D eigenvalue weighted by Gasteiger charge is -2.24. The van der Waals surface area contributed by atoms with Gasteiger partial charge in [-0.05, 0) is 23.8 Å². The van der Waals surface area contributed by atoms with Crippen LogP contribution in [-0.4, -0.2) is 54.2 Å². The lowest BCUT2D eigenvalue weighted by atomic mass is 10.1. The SMILES string of the molecule is COCC(=O)NCC1CN(Cc2ccc3c(c2)OCO3)Cc2ccnn2C1. The summed E-state index contributed by atoms with van der Waals surface area (Å²) in [5.74, 6) is 1.77. The van der Waals surface area contributed by atoms with E-state index in [9.17, 15) is 4.79 Å². The number of hydrogen-bond donors (Lipinski definition) is 1. The van der Waals surface area contributed by atoms with E-state index in [1.54, 1.807) is 0 Å². The molecule has 0 radical (unpaired) electrons. The van der Waals surface area contributed by atoms with Gasteiger partial charge in [0.15, 0.2) is 11.5 Å². The maximum Gasteiger partial charge on any atom is 0.245 e. The van der Waals surface area contributed by atoms with Crippen LogP contribution in [0.5, 0.6) is 11.5 Å². The van der Waals surface area contributed by atoms with Crippen LogP contribution in [0.15, 0.2) is 30.5 Å². The zero-order valence-corrected chi connectivity index (χ0v) is 15.4. The average molecular weight is 372 g/mol. The third-order valence-corrected chi connectivity index (χ3v) is 4.84. The Morgan fingerprint density at radius 3 is 3.07 bits per heavy atom. The molecule has 1 aromatic heterocycles. The van der Waals surface area contributed by atoms with Gasteiger partial charge in [-0.1, -0.05) is 6.07 Å². The first-order chi connectivity index (χ1) is 13.2. The molecule has 0 saturated heterocycles. The zero-order valence-electron chi connectivity index (χ0n) is 15.4. The van der Waals surface area contributed by atoms with Crippen molar-refractivity contribution in [3.63, 3.8) is 0 Å². The molecule has 8 heteroatoms. The number of carbonyl (C=O) groups is 1. The molecular formula is C19H24N4O4. The van der Waals surface area contributed by atoms with E-state index >= 15 is 0 Å². The number of nitrogens with one attached hydrogen (secondary N) is 1. The van der Waals surface area contributed by atoms with Gasteiger partial charge >= 0.3 is 0 Å². The molecule has 0 bridgehead atoms. The molecule has 3 heterocycles. The molecule has 1 atom stereocenters. The van der Waals surface area contributed by atoms with E-state index in [4.69, 9.17) is 14.2 Å². The number of fused-ring (bicyclic) bond motifs is 2. The summed E-state index contributed by atoms with van der Waals surface area (Å²) < 4.78 is 17.8. The van der Waals surface area contributed by atoms with Crippen LogP contribution >= 0.6 is 0 Å². The fourth-order valence-corrected chi connectivity index (χ4v) is 3.61. The molecule has 1 N–H and O–H groups in total. The van der Waals surface area contributed by atoms with Crippen LogP contribution in [0, 0.1) is 5.92 Å². The molecular weight excluding hydrogens is 348 g/mol. The molecule has 2 aliphatic heterocycles. The smallest absolute Gasteiger partial charge is 0.245 e. The van der Waals surface area contributed by atoms with Gasteiger partial charge in [0.1, 0.15) is 6.61 Å². The molecule has 27 heavy (non-hydrogen) atoms. The highest BCUT2D eigenvalue weighted by atomic mass is 16.7.